The van der Waals surface area contributed by atoms with Gasteiger partial charge in [0.1, 0.15) is 5.75 Å². The molecule has 0 fully saturated rings. The Morgan fingerprint density at radius 3 is 2.35 bits per heavy atom. The van der Waals surface area contributed by atoms with Crippen molar-refractivity contribution in [2.24, 2.45) is 0 Å². The molecule has 120 valence electrons. The highest BCUT2D eigenvalue weighted by molar-refractivity contribution is 8.05. The quantitative estimate of drug-likeness (QED) is 0.303. The van der Waals surface area contributed by atoms with E-state index in [0.29, 0.717) is 0 Å². The van der Waals surface area contributed by atoms with E-state index in [1.54, 1.807) is 18.9 Å². The van der Waals surface area contributed by atoms with Gasteiger partial charge in [0.2, 0.25) is 0 Å². The molecule has 0 bridgehead atoms. The van der Waals surface area contributed by atoms with Crippen molar-refractivity contribution in [3.63, 3.8) is 0 Å². The lowest BCUT2D eigenvalue weighted by Crippen LogP contribution is -2.23. The van der Waals surface area contributed by atoms with Crippen LogP contribution in [0.2, 0.25) is 19.6 Å². The third-order valence-electron chi connectivity index (χ3n) is 3.33. The number of carbonyl (C=O) groups excluding carboxylic acids is 1. The van der Waals surface area contributed by atoms with Crippen LogP contribution in [0.25, 0.3) is 0 Å². The molecule has 2 aromatic rings. The molecule has 0 radical (unpaired) electrons. The number of methoxy groups -OCH3 is 1. The number of hydrogen-bond donors (Lipinski definition) is 0. The first-order chi connectivity index (χ1) is 10.9. The van der Waals surface area contributed by atoms with Gasteiger partial charge in [0.15, 0.2) is 5.78 Å². The van der Waals surface area contributed by atoms with Crippen molar-refractivity contribution in [3.05, 3.63) is 70.8 Å². The fourth-order valence-corrected chi connectivity index (χ4v) is 4.88. The minimum Gasteiger partial charge on any atom is -0.497 e. The number of benzene rings is 2. The SMILES string of the molecule is COc1cccc(S/C(=C/C(=O)c2ccccc2)[Si](C)(C)C)c1. The zero-order chi connectivity index (χ0) is 16.9. The van der Waals surface area contributed by atoms with Crippen LogP contribution in [0.5, 0.6) is 5.75 Å². The summed E-state index contributed by atoms with van der Waals surface area (Å²) in [6.45, 7) is 6.76. The van der Waals surface area contributed by atoms with Crippen LogP contribution in [0.3, 0.4) is 0 Å². The molecule has 0 aromatic heterocycles. The van der Waals surface area contributed by atoms with Crippen LogP contribution in [0.1, 0.15) is 10.4 Å². The number of ether oxygens (including phenoxy) is 1. The second kappa shape index (κ2) is 7.66. The third kappa shape index (κ3) is 5.11. The monoisotopic (exact) mass is 342 g/mol. The molecular formula is C19H22O2SSi. The van der Waals surface area contributed by atoms with E-state index in [1.165, 1.54) is 4.53 Å². The Hall–Kier alpha value is -1.78. The van der Waals surface area contributed by atoms with Crippen LogP contribution in [-0.2, 0) is 0 Å². The van der Waals surface area contributed by atoms with Gasteiger partial charge in [0.05, 0.1) is 15.2 Å². The molecule has 23 heavy (non-hydrogen) atoms. The standard InChI is InChI=1S/C19H22O2SSi/c1-21-16-11-8-12-17(13-16)22-19(23(2,3)4)14-18(20)15-9-6-5-7-10-15/h5-14H,1-4H3/b19-14-. The van der Waals surface area contributed by atoms with E-state index >= 15 is 0 Å². The zero-order valence-corrected chi connectivity index (χ0v) is 15.8. The van der Waals surface area contributed by atoms with Gasteiger partial charge in [-0.25, -0.2) is 0 Å². The van der Waals surface area contributed by atoms with Crippen LogP contribution < -0.4 is 4.74 Å². The molecule has 2 aromatic carbocycles. The summed E-state index contributed by atoms with van der Waals surface area (Å²) in [5.41, 5.74) is 0.731. The van der Waals surface area contributed by atoms with Crippen molar-refractivity contribution >= 4 is 25.6 Å². The van der Waals surface area contributed by atoms with E-state index in [1.807, 2.05) is 60.7 Å². The molecule has 4 heteroatoms. The van der Waals surface area contributed by atoms with Crippen molar-refractivity contribution in [2.45, 2.75) is 24.5 Å². The van der Waals surface area contributed by atoms with Crippen molar-refractivity contribution in [2.75, 3.05) is 7.11 Å². The van der Waals surface area contributed by atoms with Gasteiger partial charge in [0.25, 0.3) is 0 Å². The maximum absolute atomic E-state index is 12.5. The Morgan fingerprint density at radius 1 is 1.04 bits per heavy atom. The fraction of sp³-hybridized carbons (Fsp3) is 0.211. The first kappa shape index (κ1) is 17.6. The summed E-state index contributed by atoms with van der Waals surface area (Å²) in [6, 6.07) is 17.4. The number of carbonyl (C=O) groups is 1. The molecular weight excluding hydrogens is 320 g/mol. The van der Waals surface area contributed by atoms with E-state index < -0.39 is 8.07 Å². The van der Waals surface area contributed by atoms with Gasteiger partial charge in [-0.2, -0.15) is 0 Å². The highest BCUT2D eigenvalue weighted by Gasteiger charge is 2.22. The number of ketones is 1. The highest BCUT2D eigenvalue weighted by Crippen LogP contribution is 2.35. The van der Waals surface area contributed by atoms with E-state index in [2.05, 4.69) is 19.6 Å². The Balaban J connectivity index is 2.30. The fourth-order valence-electron chi connectivity index (χ4n) is 2.00. The summed E-state index contributed by atoms with van der Waals surface area (Å²) in [7, 11) is 0.0344. The maximum Gasteiger partial charge on any atom is 0.186 e. The number of rotatable bonds is 6. The third-order valence-corrected chi connectivity index (χ3v) is 7.92. The summed E-state index contributed by atoms with van der Waals surface area (Å²) in [4.78, 5) is 13.6. The number of allylic oxidation sites excluding steroid dienone is 1. The van der Waals surface area contributed by atoms with Crippen LogP contribution in [0.4, 0.5) is 0 Å². The molecule has 0 atom stereocenters. The van der Waals surface area contributed by atoms with Gasteiger partial charge in [-0.3, -0.25) is 4.79 Å². The molecule has 0 saturated carbocycles. The summed E-state index contributed by atoms with van der Waals surface area (Å²) < 4.78 is 6.45. The molecule has 0 saturated heterocycles. The van der Waals surface area contributed by atoms with Crippen molar-refractivity contribution < 1.29 is 9.53 Å². The summed E-state index contributed by atoms with van der Waals surface area (Å²) in [5.74, 6) is 0.901. The lowest BCUT2D eigenvalue weighted by Gasteiger charge is -2.20. The van der Waals surface area contributed by atoms with Gasteiger partial charge < -0.3 is 4.74 Å². The number of hydrogen-bond acceptors (Lipinski definition) is 3. The lowest BCUT2D eigenvalue weighted by atomic mass is 10.1. The molecule has 0 unspecified atom stereocenters. The highest BCUT2D eigenvalue weighted by atomic mass is 32.2. The van der Waals surface area contributed by atoms with Crippen LogP contribution in [0.15, 0.2) is 70.1 Å². The first-order valence-corrected chi connectivity index (χ1v) is 11.9. The Morgan fingerprint density at radius 2 is 1.74 bits per heavy atom. The predicted molar refractivity (Wildman–Crippen MR) is 101 cm³/mol. The lowest BCUT2D eigenvalue weighted by molar-refractivity contribution is 0.104. The molecule has 0 aliphatic heterocycles. The van der Waals surface area contributed by atoms with E-state index in [0.717, 1.165) is 16.2 Å². The molecule has 2 rings (SSSR count). The summed E-state index contributed by atoms with van der Waals surface area (Å²) >= 11 is 1.67. The summed E-state index contributed by atoms with van der Waals surface area (Å²) in [6.07, 6.45) is 1.81. The van der Waals surface area contributed by atoms with E-state index in [9.17, 15) is 4.79 Å². The largest absolute Gasteiger partial charge is 0.497 e. The Bertz CT molecular complexity index is 703. The van der Waals surface area contributed by atoms with Crippen molar-refractivity contribution in [3.8, 4) is 5.75 Å². The minimum absolute atomic E-state index is 0.0680. The molecule has 0 aliphatic carbocycles. The van der Waals surface area contributed by atoms with E-state index in [-0.39, 0.29) is 5.78 Å². The minimum atomic E-state index is -1.63. The summed E-state index contributed by atoms with van der Waals surface area (Å²) in [5, 5.41) is 0. The molecule has 0 heterocycles. The first-order valence-electron chi connectivity index (χ1n) is 7.53. The van der Waals surface area contributed by atoms with Gasteiger partial charge in [-0.05, 0) is 28.8 Å². The molecule has 0 aliphatic rings. The van der Waals surface area contributed by atoms with E-state index in [4.69, 9.17) is 4.74 Å². The zero-order valence-electron chi connectivity index (χ0n) is 14.0. The predicted octanol–water partition coefficient (Wildman–Crippen LogP) is 5.43. The number of thioether (sulfide) groups is 1. The van der Waals surface area contributed by atoms with Crippen molar-refractivity contribution in [1.82, 2.24) is 0 Å². The molecule has 0 amide bonds. The average Bonchev–Trinajstić information content (AvgIpc) is 2.54. The van der Waals surface area contributed by atoms with Gasteiger partial charge in [0, 0.05) is 10.5 Å². The van der Waals surface area contributed by atoms with Crippen LogP contribution >= 0.6 is 11.8 Å². The van der Waals surface area contributed by atoms with Crippen molar-refractivity contribution in [1.29, 1.82) is 0 Å². The second-order valence-corrected chi connectivity index (χ2v) is 12.8. The van der Waals surface area contributed by atoms with Crippen LogP contribution in [-0.4, -0.2) is 21.0 Å². The maximum atomic E-state index is 12.5. The van der Waals surface area contributed by atoms with Gasteiger partial charge in [-0.15, -0.1) is 0 Å². The van der Waals surface area contributed by atoms with Gasteiger partial charge >= 0.3 is 0 Å². The van der Waals surface area contributed by atoms with Crippen LogP contribution in [0, 0.1) is 0 Å². The molecule has 0 N–H and O–H groups in total. The Labute approximate surface area is 143 Å². The second-order valence-electron chi connectivity index (χ2n) is 6.27. The van der Waals surface area contributed by atoms with Gasteiger partial charge in [-0.1, -0.05) is 67.8 Å². The average molecular weight is 343 g/mol. The smallest absolute Gasteiger partial charge is 0.186 e. The molecule has 2 nitrogen and oxygen atoms in total. The Kier molecular flexibility index (Phi) is 5.85. The topological polar surface area (TPSA) is 26.3 Å². The molecule has 0 spiro atoms. The normalized spacial score (nSPS) is 12.1.